The van der Waals surface area contributed by atoms with Gasteiger partial charge in [0.1, 0.15) is 6.10 Å². The van der Waals surface area contributed by atoms with E-state index in [0.29, 0.717) is 19.1 Å². The van der Waals surface area contributed by atoms with Crippen LogP contribution >= 0.6 is 0 Å². The highest BCUT2D eigenvalue weighted by atomic mass is 16.5. The summed E-state index contributed by atoms with van der Waals surface area (Å²) in [4.78, 5) is 0. The van der Waals surface area contributed by atoms with Gasteiger partial charge in [-0.3, -0.25) is 0 Å². The molecule has 0 fully saturated rings. The van der Waals surface area contributed by atoms with Gasteiger partial charge in [-0.2, -0.15) is 0 Å². The Balaban J connectivity index is 2.35. The molecule has 0 spiro atoms. The SMILES string of the molecule is CCC(C)c1ccc2c(c1)C(O)COCC2. The van der Waals surface area contributed by atoms with E-state index in [1.165, 1.54) is 11.1 Å². The monoisotopic (exact) mass is 220 g/mol. The van der Waals surface area contributed by atoms with Crippen molar-refractivity contribution in [1.82, 2.24) is 0 Å². The van der Waals surface area contributed by atoms with Crippen molar-refractivity contribution in [1.29, 1.82) is 0 Å². The molecule has 2 heteroatoms. The fourth-order valence-electron chi connectivity index (χ4n) is 2.16. The summed E-state index contributed by atoms with van der Waals surface area (Å²) < 4.78 is 5.37. The second kappa shape index (κ2) is 4.98. The van der Waals surface area contributed by atoms with Crippen LogP contribution in [0.4, 0.5) is 0 Å². The molecule has 1 aromatic carbocycles. The molecule has 88 valence electrons. The summed E-state index contributed by atoms with van der Waals surface area (Å²) in [5, 5.41) is 10.00. The van der Waals surface area contributed by atoms with E-state index in [1.807, 2.05) is 0 Å². The lowest BCUT2D eigenvalue weighted by Crippen LogP contribution is -2.06. The van der Waals surface area contributed by atoms with Gasteiger partial charge in [-0.25, -0.2) is 0 Å². The van der Waals surface area contributed by atoms with E-state index in [9.17, 15) is 5.11 Å². The first-order valence-corrected chi connectivity index (χ1v) is 6.11. The largest absolute Gasteiger partial charge is 0.386 e. The summed E-state index contributed by atoms with van der Waals surface area (Å²) in [6.07, 6.45) is 1.58. The standard InChI is InChI=1S/C14H20O2/c1-3-10(2)12-5-4-11-6-7-16-9-14(15)13(11)8-12/h4-5,8,10,14-15H,3,6-7,9H2,1-2H3. The molecule has 1 aliphatic heterocycles. The normalized spacial score (nSPS) is 22.3. The summed E-state index contributed by atoms with van der Waals surface area (Å²) in [7, 11) is 0. The molecule has 0 aliphatic carbocycles. The van der Waals surface area contributed by atoms with Gasteiger partial charge in [0.2, 0.25) is 0 Å². The predicted octanol–water partition coefficient (Wildman–Crippen LogP) is 2.81. The molecule has 2 unspecified atom stereocenters. The van der Waals surface area contributed by atoms with Crippen molar-refractivity contribution in [3.05, 3.63) is 34.9 Å². The third kappa shape index (κ3) is 2.28. The van der Waals surface area contributed by atoms with Crippen molar-refractivity contribution >= 4 is 0 Å². The Morgan fingerprint density at radius 1 is 1.50 bits per heavy atom. The maximum Gasteiger partial charge on any atom is 0.103 e. The number of hydrogen-bond acceptors (Lipinski definition) is 2. The molecule has 1 N–H and O–H groups in total. The second-order valence-corrected chi connectivity index (χ2v) is 4.61. The fourth-order valence-corrected chi connectivity index (χ4v) is 2.16. The molecule has 0 aromatic heterocycles. The second-order valence-electron chi connectivity index (χ2n) is 4.61. The van der Waals surface area contributed by atoms with Gasteiger partial charge in [-0.1, -0.05) is 32.0 Å². The van der Waals surface area contributed by atoms with E-state index in [4.69, 9.17) is 4.74 Å². The number of fused-ring (bicyclic) bond motifs is 1. The van der Waals surface area contributed by atoms with Gasteiger partial charge in [0.25, 0.3) is 0 Å². The Bertz CT molecular complexity index is 360. The summed E-state index contributed by atoms with van der Waals surface area (Å²) in [6.45, 7) is 5.56. The molecular weight excluding hydrogens is 200 g/mol. The maximum absolute atomic E-state index is 10.00. The van der Waals surface area contributed by atoms with E-state index < -0.39 is 6.10 Å². The Kier molecular flexibility index (Phi) is 3.62. The van der Waals surface area contributed by atoms with E-state index in [2.05, 4.69) is 32.0 Å². The number of benzene rings is 1. The highest BCUT2D eigenvalue weighted by Crippen LogP contribution is 2.27. The average molecular weight is 220 g/mol. The Labute approximate surface area is 97.3 Å². The number of aliphatic hydroxyl groups excluding tert-OH is 1. The zero-order valence-corrected chi connectivity index (χ0v) is 10.1. The summed E-state index contributed by atoms with van der Waals surface area (Å²) >= 11 is 0. The molecule has 0 saturated carbocycles. The minimum atomic E-state index is -0.457. The average Bonchev–Trinajstić information content (AvgIpc) is 2.50. The molecule has 0 saturated heterocycles. The molecule has 0 bridgehead atoms. The van der Waals surface area contributed by atoms with Gasteiger partial charge in [0.05, 0.1) is 13.2 Å². The Hall–Kier alpha value is -0.860. The van der Waals surface area contributed by atoms with E-state index >= 15 is 0 Å². The van der Waals surface area contributed by atoms with Crippen molar-refractivity contribution in [2.75, 3.05) is 13.2 Å². The van der Waals surface area contributed by atoms with Crippen molar-refractivity contribution in [2.45, 2.75) is 38.7 Å². The van der Waals surface area contributed by atoms with Gasteiger partial charge in [0.15, 0.2) is 0 Å². The molecule has 0 amide bonds. The lowest BCUT2D eigenvalue weighted by atomic mass is 9.92. The minimum Gasteiger partial charge on any atom is -0.386 e. The molecule has 2 atom stereocenters. The molecule has 1 aliphatic rings. The number of ether oxygens (including phenoxy) is 1. The molecular formula is C14H20O2. The zero-order valence-electron chi connectivity index (χ0n) is 10.1. The summed E-state index contributed by atoms with van der Waals surface area (Å²) in [5.74, 6) is 0.557. The maximum atomic E-state index is 10.00. The molecule has 1 heterocycles. The third-order valence-corrected chi connectivity index (χ3v) is 3.50. The first-order chi connectivity index (χ1) is 7.72. The van der Waals surface area contributed by atoms with Gasteiger partial charge >= 0.3 is 0 Å². The molecule has 2 rings (SSSR count). The first-order valence-electron chi connectivity index (χ1n) is 6.11. The lowest BCUT2D eigenvalue weighted by molar-refractivity contribution is 0.0451. The van der Waals surface area contributed by atoms with E-state index in [1.54, 1.807) is 0 Å². The third-order valence-electron chi connectivity index (χ3n) is 3.50. The van der Waals surface area contributed by atoms with Crippen molar-refractivity contribution in [3.63, 3.8) is 0 Å². The van der Waals surface area contributed by atoms with Gasteiger partial charge < -0.3 is 9.84 Å². The quantitative estimate of drug-likeness (QED) is 0.830. The molecule has 0 radical (unpaired) electrons. The molecule has 2 nitrogen and oxygen atoms in total. The lowest BCUT2D eigenvalue weighted by Gasteiger charge is -2.15. The smallest absolute Gasteiger partial charge is 0.103 e. The van der Waals surface area contributed by atoms with Crippen molar-refractivity contribution in [2.24, 2.45) is 0 Å². The highest BCUT2D eigenvalue weighted by Gasteiger charge is 2.17. The Morgan fingerprint density at radius 3 is 3.06 bits per heavy atom. The number of hydrogen-bond donors (Lipinski definition) is 1. The van der Waals surface area contributed by atoms with Crippen molar-refractivity contribution < 1.29 is 9.84 Å². The van der Waals surface area contributed by atoms with Crippen LogP contribution in [-0.4, -0.2) is 18.3 Å². The van der Waals surface area contributed by atoms with Crippen LogP contribution < -0.4 is 0 Å². The van der Waals surface area contributed by atoms with Crippen LogP contribution in [0.2, 0.25) is 0 Å². The summed E-state index contributed by atoms with van der Waals surface area (Å²) in [5.41, 5.74) is 3.62. The number of aliphatic hydroxyl groups is 1. The van der Waals surface area contributed by atoms with Crippen LogP contribution in [0.3, 0.4) is 0 Å². The topological polar surface area (TPSA) is 29.5 Å². The highest BCUT2D eigenvalue weighted by molar-refractivity contribution is 5.36. The van der Waals surface area contributed by atoms with Crippen molar-refractivity contribution in [3.8, 4) is 0 Å². The van der Waals surface area contributed by atoms with Gasteiger partial charge in [-0.05, 0) is 35.4 Å². The van der Waals surface area contributed by atoms with Crippen LogP contribution in [-0.2, 0) is 11.2 Å². The van der Waals surface area contributed by atoms with Gasteiger partial charge in [-0.15, -0.1) is 0 Å². The molecule has 1 aromatic rings. The van der Waals surface area contributed by atoms with Crippen LogP contribution in [0.1, 0.15) is 49.0 Å². The first kappa shape index (κ1) is 11.6. The number of rotatable bonds is 2. The van der Waals surface area contributed by atoms with Crippen LogP contribution in [0.5, 0.6) is 0 Å². The Morgan fingerprint density at radius 2 is 2.31 bits per heavy atom. The fraction of sp³-hybridized carbons (Fsp3) is 0.571. The van der Waals surface area contributed by atoms with Gasteiger partial charge in [0, 0.05) is 0 Å². The van der Waals surface area contributed by atoms with Crippen LogP contribution in [0.15, 0.2) is 18.2 Å². The van der Waals surface area contributed by atoms with Crippen LogP contribution in [0.25, 0.3) is 0 Å². The van der Waals surface area contributed by atoms with E-state index in [-0.39, 0.29) is 0 Å². The van der Waals surface area contributed by atoms with E-state index in [0.717, 1.165) is 18.4 Å². The zero-order chi connectivity index (χ0) is 11.5. The summed E-state index contributed by atoms with van der Waals surface area (Å²) in [6, 6.07) is 6.49. The predicted molar refractivity (Wildman–Crippen MR) is 64.6 cm³/mol. The minimum absolute atomic E-state index is 0.428. The molecule has 16 heavy (non-hydrogen) atoms. The van der Waals surface area contributed by atoms with Crippen LogP contribution in [0, 0.1) is 0 Å².